The summed E-state index contributed by atoms with van der Waals surface area (Å²) in [5.41, 5.74) is 2.25. The molecule has 1 amide bonds. The largest absolute Gasteiger partial charge is 0.384 e. The van der Waals surface area contributed by atoms with Crippen LogP contribution in [0, 0.1) is 18.8 Å². The summed E-state index contributed by atoms with van der Waals surface area (Å²) in [4.78, 5) is 12.1. The van der Waals surface area contributed by atoms with Crippen LogP contribution >= 0.6 is 0 Å². The van der Waals surface area contributed by atoms with Gasteiger partial charge in [0.15, 0.2) is 0 Å². The van der Waals surface area contributed by atoms with E-state index in [1.165, 1.54) is 0 Å². The van der Waals surface area contributed by atoms with Crippen LogP contribution in [0.25, 0.3) is 0 Å². The van der Waals surface area contributed by atoms with Crippen molar-refractivity contribution >= 4 is 5.91 Å². The Balaban J connectivity index is 2.53. The van der Waals surface area contributed by atoms with Gasteiger partial charge in [0.1, 0.15) is 6.61 Å². The molecule has 0 spiro atoms. The molecule has 0 aliphatic rings. The van der Waals surface area contributed by atoms with E-state index in [9.17, 15) is 4.79 Å². The van der Waals surface area contributed by atoms with Gasteiger partial charge in [-0.15, -0.1) is 0 Å². The van der Waals surface area contributed by atoms with E-state index < -0.39 is 0 Å². The molecule has 1 rings (SSSR count). The number of aliphatic hydroxyl groups excluding tert-OH is 1. The second kappa shape index (κ2) is 9.98. The lowest BCUT2D eigenvalue weighted by Gasteiger charge is -2.08. The van der Waals surface area contributed by atoms with Crippen LogP contribution in [0.4, 0.5) is 0 Å². The molecule has 21 heavy (non-hydrogen) atoms. The van der Waals surface area contributed by atoms with Crippen LogP contribution in [-0.4, -0.2) is 37.4 Å². The summed E-state index contributed by atoms with van der Waals surface area (Å²) in [7, 11) is 0. The monoisotopic (exact) mass is 289 g/mol. The molecule has 0 heterocycles. The lowest BCUT2D eigenvalue weighted by molar-refractivity contribution is 0.0940. The van der Waals surface area contributed by atoms with E-state index in [4.69, 9.17) is 9.84 Å². The fraction of sp³-hybridized carbons (Fsp3) is 0.471. The third-order valence-electron chi connectivity index (χ3n) is 2.89. The number of carbonyl (C=O) groups is 1. The quantitative estimate of drug-likeness (QED) is 0.595. The van der Waals surface area contributed by atoms with E-state index in [-0.39, 0.29) is 12.5 Å². The minimum atomic E-state index is -0.187. The molecule has 4 heteroatoms. The lowest BCUT2D eigenvalue weighted by Crippen LogP contribution is -2.26. The first-order chi connectivity index (χ1) is 10.2. The van der Waals surface area contributed by atoms with E-state index in [0.29, 0.717) is 18.7 Å². The average Bonchev–Trinajstić information content (AvgIpc) is 2.49. The Hall–Kier alpha value is -1.83. The van der Waals surface area contributed by atoms with Crippen molar-refractivity contribution in [3.8, 4) is 11.8 Å². The average molecular weight is 289 g/mol. The van der Waals surface area contributed by atoms with Crippen molar-refractivity contribution in [3.05, 3.63) is 34.9 Å². The van der Waals surface area contributed by atoms with Crippen molar-refractivity contribution < 1.29 is 14.6 Å². The molecule has 114 valence electrons. The maximum absolute atomic E-state index is 12.1. The van der Waals surface area contributed by atoms with Crippen LogP contribution in [0.15, 0.2) is 18.2 Å². The summed E-state index contributed by atoms with van der Waals surface area (Å²) in [6.07, 6.45) is 1.81. The van der Waals surface area contributed by atoms with Gasteiger partial charge in [0.25, 0.3) is 5.91 Å². The van der Waals surface area contributed by atoms with Gasteiger partial charge in [-0.1, -0.05) is 24.8 Å². The Labute approximate surface area is 126 Å². The Morgan fingerprint density at radius 2 is 2.19 bits per heavy atom. The fourth-order valence-corrected chi connectivity index (χ4v) is 1.80. The van der Waals surface area contributed by atoms with E-state index in [1.807, 2.05) is 19.1 Å². The Morgan fingerprint density at radius 3 is 2.90 bits per heavy atom. The van der Waals surface area contributed by atoms with Gasteiger partial charge in [-0.3, -0.25) is 4.79 Å². The summed E-state index contributed by atoms with van der Waals surface area (Å²) in [5.74, 6) is 5.29. The predicted molar refractivity (Wildman–Crippen MR) is 83.2 cm³/mol. The normalized spacial score (nSPS) is 9.86. The Morgan fingerprint density at radius 1 is 1.38 bits per heavy atom. The van der Waals surface area contributed by atoms with Gasteiger partial charge in [0.05, 0.1) is 0 Å². The van der Waals surface area contributed by atoms with Gasteiger partial charge in [0, 0.05) is 30.9 Å². The number of nitrogens with one attached hydrogen (secondary N) is 1. The number of rotatable bonds is 7. The zero-order valence-corrected chi connectivity index (χ0v) is 12.7. The summed E-state index contributed by atoms with van der Waals surface area (Å²) in [6, 6.07) is 5.45. The smallest absolute Gasteiger partial charge is 0.251 e. The number of hydrogen-bond acceptors (Lipinski definition) is 3. The Kier molecular flexibility index (Phi) is 8.18. The molecule has 0 fully saturated rings. The molecule has 0 unspecified atom stereocenters. The third-order valence-corrected chi connectivity index (χ3v) is 2.89. The number of aryl methyl sites for hydroxylation is 1. The summed E-state index contributed by atoms with van der Waals surface area (Å²) in [6.45, 7) is 5.79. The molecule has 0 radical (unpaired) electrons. The molecule has 0 aromatic heterocycles. The van der Waals surface area contributed by atoms with Crippen LogP contribution in [0.5, 0.6) is 0 Å². The molecular formula is C17H23NO3. The fourth-order valence-electron chi connectivity index (χ4n) is 1.80. The first kappa shape index (κ1) is 17.2. The van der Waals surface area contributed by atoms with Crippen LogP contribution < -0.4 is 5.32 Å². The second-order valence-corrected chi connectivity index (χ2v) is 4.71. The minimum Gasteiger partial charge on any atom is -0.384 e. The number of carbonyl (C=O) groups excluding carboxylic acids is 1. The number of hydrogen-bond donors (Lipinski definition) is 2. The maximum atomic E-state index is 12.1. The summed E-state index contributed by atoms with van der Waals surface area (Å²) in [5, 5.41) is 11.6. The maximum Gasteiger partial charge on any atom is 0.251 e. The topological polar surface area (TPSA) is 58.6 Å². The summed E-state index contributed by atoms with van der Waals surface area (Å²) >= 11 is 0. The van der Waals surface area contributed by atoms with Crippen molar-refractivity contribution in [2.75, 3.05) is 26.4 Å². The molecule has 0 saturated heterocycles. The number of aliphatic hydroxyl groups is 1. The molecular weight excluding hydrogens is 266 g/mol. The molecule has 0 atom stereocenters. The lowest BCUT2D eigenvalue weighted by atomic mass is 10.0. The third kappa shape index (κ3) is 6.44. The van der Waals surface area contributed by atoms with E-state index in [0.717, 1.165) is 30.6 Å². The van der Waals surface area contributed by atoms with E-state index >= 15 is 0 Å². The molecule has 4 nitrogen and oxygen atoms in total. The molecule has 1 aromatic carbocycles. The first-order valence-electron chi connectivity index (χ1n) is 7.25. The van der Waals surface area contributed by atoms with Gasteiger partial charge >= 0.3 is 0 Å². The van der Waals surface area contributed by atoms with Crippen molar-refractivity contribution in [1.29, 1.82) is 0 Å². The molecule has 0 bridgehead atoms. The van der Waals surface area contributed by atoms with Crippen molar-refractivity contribution in [2.24, 2.45) is 0 Å². The number of amides is 1. The van der Waals surface area contributed by atoms with Gasteiger partial charge in [-0.25, -0.2) is 0 Å². The summed E-state index contributed by atoms with van der Waals surface area (Å²) < 4.78 is 5.36. The van der Waals surface area contributed by atoms with E-state index in [1.54, 1.807) is 6.07 Å². The highest BCUT2D eigenvalue weighted by Crippen LogP contribution is 2.10. The zero-order chi connectivity index (χ0) is 15.5. The van der Waals surface area contributed by atoms with Crippen molar-refractivity contribution in [3.63, 3.8) is 0 Å². The second-order valence-electron chi connectivity index (χ2n) is 4.71. The highest BCUT2D eigenvalue weighted by Gasteiger charge is 2.08. The molecule has 1 aromatic rings. The highest BCUT2D eigenvalue weighted by atomic mass is 16.5. The standard InChI is InChI=1S/C17H23NO3/c1-3-11-21-12-5-9-18-17(20)16-13-15(6-4-10-19)8-7-14(16)2/h7-8,13,19H,3,5,9-12H2,1-2H3,(H,18,20). The molecule has 2 N–H and O–H groups in total. The van der Waals surface area contributed by atoms with Crippen LogP contribution in [0.2, 0.25) is 0 Å². The molecule has 0 saturated carbocycles. The van der Waals surface area contributed by atoms with Crippen molar-refractivity contribution in [2.45, 2.75) is 26.7 Å². The predicted octanol–water partition coefficient (Wildman–Crippen LogP) is 1.89. The molecule has 0 aliphatic heterocycles. The van der Waals surface area contributed by atoms with Gasteiger partial charge < -0.3 is 15.2 Å². The Bertz CT molecular complexity index is 515. The van der Waals surface area contributed by atoms with Crippen LogP contribution in [-0.2, 0) is 4.74 Å². The van der Waals surface area contributed by atoms with Crippen LogP contribution in [0.1, 0.15) is 41.3 Å². The number of benzene rings is 1. The van der Waals surface area contributed by atoms with Crippen molar-refractivity contribution in [1.82, 2.24) is 5.32 Å². The van der Waals surface area contributed by atoms with Crippen LogP contribution in [0.3, 0.4) is 0 Å². The van der Waals surface area contributed by atoms with Gasteiger partial charge in [0.2, 0.25) is 0 Å². The highest BCUT2D eigenvalue weighted by molar-refractivity contribution is 5.96. The van der Waals surface area contributed by atoms with Gasteiger partial charge in [-0.2, -0.15) is 0 Å². The van der Waals surface area contributed by atoms with E-state index in [2.05, 4.69) is 24.1 Å². The first-order valence-corrected chi connectivity index (χ1v) is 7.25. The van der Waals surface area contributed by atoms with Gasteiger partial charge in [-0.05, 0) is 37.5 Å². The molecule has 0 aliphatic carbocycles. The SMILES string of the molecule is CCCOCCCNC(=O)c1cc(C#CCO)ccc1C. The zero-order valence-electron chi connectivity index (χ0n) is 12.7. The minimum absolute atomic E-state index is 0.101. The number of ether oxygens (including phenoxy) is 1.